The highest BCUT2D eigenvalue weighted by atomic mass is 32.2. The lowest BCUT2D eigenvalue weighted by Crippen LogP contribution is -2.27. The first-order chi connectivity index (χ1) is 12.7. The first-order valence-corrected chi connectivity index (χ1v) is 9.04. The average molecular weight is 368 g/mol. The lowest BCUT2D eigenvalue weighted by atomic mass is 10.2. The van der Waals surface area contributed by atoms with E-state index in [1.807, 2.05) is 37.3 Å². The third kappa shape index (κ3) is 3.50. The second-order valence-electron chi connectivity index (χ2n) is 5.71. The van der Waals surface area contributed by atoms with Crippen LogP contribution in [0.4, 0.5) is 0 Å². The molecule has 1 amide bonds. The third-order valence-electron chi connectivity index (χ3n) is 3.80. The van der Waals surface area contributed by atoms with Gasteiger partial charge in [0.2, 0.25) is 11.1 Å². The van der Waals surface area contributed by atoms with E-state index in [1.165, 1.54) is 11.8 Å². The fraction of sp³-hybridized carbons (Fsp3) is 0.167. The molecule has 0 aliphatic heterocycles. The number of amides is 1. The van der Waals surface area contributed by atoms with Crippen molar-refractivity contribution in [1.29, 1.82) is 0 Å². The molecule has 7 nitrogen and oxygen atoms in total. The molecule has 3 aromatic heterocycles. The molecule has 0 aliphatic rings. The van der Waals surface area contributed by atoms with Gasteiger partial charge in [-0.15, -0.1) is 5.10 Å². The zero-order chi connectivity index (χ0) is 17.9. The maximum absolute atomic E-state index is 12.2. The first-order valence-electron chi connectivity index (χ1n) is 8.06. The van der Waals surface area contributed by atoms with Gasteiger partial charge < -0.3 is 14.2 Å². The van der Waals surface area contributed by atoms with Crippen molar-refractivity contribution in [1.82, 2.24) is 20.5 Å². The summed E-state index contributed by atoms with van der Waals surface area (Å²) in [4.78, 5) is 16.5. The highest BCUT2D eigenvalue weighted by Gasteiger charge is 2.15. The van der Waals surface area contributed by atoms with Gasteiger partial charge in [-0.3, -0.25) is 9.89 Å². The van der Waals surface area contributed by atoms with Crippen molar-refractivity contribution in [3.63, 3.8) is 0 Å². The maximum atomic E-state index is 12.2. The molecular formula is C18H16N4O3S. The molecule has 0 radical (unpaired) electrons. The van der Waals surface area contributed by atoms with Gasteiger partial charge in [0.15, 0.2) is 11.6 Å². The molecule has 2 N–H and O–H groups in total. The van der Waals surface area contributed by atoms with Crippen LogP contribution in [0.1, 0.15) is 18.7 Å². The summed E-state index contributed by atoms with van der Waals surface area (Å²) in [6.07, 6.45) is 1.57. The number of carbonyl (C=O) groups is 1. The van der Waals surface area contributed by atoms with Crippen molar-refractivity contribution in [2.75, 3.05) is 5.75 Å². The second-order valence-corrected chi connectivity index (χ2v) is 6.65. The SMILES string of the molecule is CC(NC(=O)CSc1n[nH]c(-c2ccco2)n1)c1cc2ccccc2o1. The van der Waals surface area contributed by atoms with Crippen LogP contribution in [0.25, 0.3) is 22.6 Å². The maximum Gasteiger partial charge on any atom is 0.231 e. The van der Waals surface area contributed by atoms with Gasteiger partial charge in [-0.05, 0) is 31.2 Å². The minimum atomic E-state index is -0.221. The number of rotatable bonds is 6. The second kappa shape index (κ2) is 7.09. The number of aromatic nitrogens is 3. The number of benzene rings is 1. The Morgan fingerprint density at radius 1 is 1.31 bits per heavy atom. The Morgan fingerprint density at radius 2 is 2.19 bits per heavy atom. The van der Waals surface area contributed by atoms with Crippen molar-refractivity contribution >= 4 is 28.6 Å². The summed E-state index contributed by atoms with van der Waals surface area (Å²) in [5.41, 5.74) is 0.809. The lowest BCUT2D eigenvalue weighted by molar-refractivity contribution is -0.119. The molecule has 1 aromatic carbocycles. The summed E-state index contributed by atoms with van der Waals surface area (Å²) in [6, 6.07) is 13.0. The van der Waals surface area contributed by atoms with E-state index in [9.17, 15) is 4.79 Å². The number of nitrogens with zero attached hydrogens (tertiary/aromatic N) is 2. The summed E-state index contributed by atoms with van der Waals surface area (Å²) in [5.74, 6) is 1.95. The normalized spacial score (nSPS) is 12.3. The van der Waals surface area contributed by atoms with E-state index in [4.69, 9.17) is 8.83 Å². The standard InChI is InChI=1S/C18H16N4O3S/c1-11(15-9-12-5-2-3-6-13(12)25-15)19-16(23)10-26-18-20-17(21-22-18)14-7-4-8-24-14/h2-9,11H,10H2,1H3,(H,19,23)(H,20,21,22). The molecule has 26 heavy (non-hydrogen) atoms. The Kier molecular flexibility index (Phi) is 4.49. The number of carbonyl (C=O) groups excluding carboxylic acids is 1. The summed E-state index contributed by atoms with van der Waals surface area (Å²) >= 11 is 1.25. The van der Waals surface area contributed by atoms with Crippen LogP contribution in [0, 0.1) is 0 Å². The zero-order valence-corrected chi connectivity index (χ0v) is 14.7. The lowest BCUT2D eigenvalue weighted by Gasteiger charge is -2.10. The summed E-state index contributed by atoms with van der Waals surface area (Å²) < 4.78 is 11.0. The minimum Gasteiger partial charge on any atom is -0.461 e. The van der Waals surface area contributed by atoms with Gasteiger partial charge in [0.25, 0.3) is 0 Å². The molecule has 0 saturated carbocycles. The van der Waals surface area contributed by atoms with Crippen LogP contribution < -0.4 is 5.32 Å². The van der Waals surface area contributed by atoms with Crippen LogP contribution in [0.2, 0.25) is 0 Å². The van der Waals surface area contributed by atoms with E-state index in [1.54, 1.807) is 18.4 Å². The largest absolute Gasteiger partial charge is 0.461 e. The van der Waals surface area contributed by atoms with Crippen LogP contribution in [0.15, 0.2) is 62.7 Å². The summed E-state index contributed by atoms with van der Waals surface area (Å²) in [7, 11) is 0. The van der Waals surface area contributed by atoms with Gasteiger partial charge in [0, 0.05) is 5.39 Å². The minimum absolute atomic E-state index is 0.118. The molecule has 0 bridgehead atoms. The topological polar surface area (TPSA) is 97.0 Å². The Bertz CT molecular complexity index is 989. The van der Waals surface area contributed by atoms with Crippen molar-refractivity contribution < 1.29 is 13.6 Å². The first kappa shape index (κ1) is 16.5. The molecule has 0 fully saturated rings. The Labute approximate surface area is 153 Å². The van der Waals surface area contributed by atoms with Crippen LogP contribution in [0.3, 0.4) is 0 Å². The number of H-pyrrole nitrogens is 1. The van der Waals surface area contributed by atoms with Gasteiger partial charge in [-0.25, -0.2) is 0 Å². The van der Waals surface area contributed by atoms with Crippen molar-refractivity contribution in [3.05, 3.63) is 54.5 Å². The Balaban J connectivity index is 1.33. The predicted molar refractivity (Wildman–Crippen MR) is 97.6 cm³/mol. The van der Waals surface area contributed by atoms with Gasteiger partial charge in [0.1, 0.15) is 11.3 Å². The van der Waals surface area contributed by atoms with E-state index in [0.29, 0.717) is 16.7 Å². The number of fused-ring (bicyclic) bond motifs is 1. The third-order valence-corrected chi connectivity index (χ3v) is 4.65. The fourth-order valence-corrected chi connectivity index (χ4v) is 3.14. The molecule has 8 heteroatoms. The molecule has 4 rings (SSSR count). The van der Waals surface area contributed by atoms with E-state index in [-0.39, 0.29) is 17.7 Å². The predicted octanol–water partition coefficient (Wildman–Crippen LogP) is 3.78. The van der Waals surface area contributed by atoms with E-state index in [2.05, 4.69) is 20.5 Å². The molecule has 132 valence electrons. The van der Waals surface area contributed by atoms with Crippen molar-refractivity contribution in [3.8, 4) is 11.6 Å². The van der Waals surface area contributed by atoms with Crippen LogP contribution in [-0.4, -0.2) is 26.8 Å². The summed E-state index contributed by atoms with van der Waals surface area (Å²) in [5, 5.41) is 11.3. The molecule has 0 aliphatic carbocycles. The smallest absolute Gasteiger partial charge is 0.231 e. The average Bonchev–Trinajstić information content (AvgIpc) is 3.39. The van der Waals surface area contributed by atoms with E-state index < -0.39 is 0 Å². The number of hydrogen-bond donors (Lipinski definition) is 2. The van der Waals surface area contributed by atoms with E-state index in [0.717, 1.165) is 16.7 Å². The number of furan rings is 2. The number of thioether (sulfide) groups is 1. The van der Waals surface area contributed by atoms with Crippen molar-refractivity contribution in [2.45, 2.75) is 18.1 Å². The molecule has 3 heterocycles. The summed E-state index contributed by atoms with van der Waals surface area (Å²) in [6.45, 7) is 1.89. The van der Waals surface area contributed by atoms with Gasteiger partial charge in [-0.1, -0.05) is 30.0 Å². The molecule has 4 aromatic rings. The monoisotopic (exact) mass is 368 g/mol. The number of para-hydroxylation sites is 1. The quantitative estimate of drug-likeness (QED) is 0.503. The van der Waals surface area contributed by atoms with Crippen LogP contribution >= 0.6 is 11.8 Å². The number of aromatic amines is 1. The number of hydrogen-bond acceptors (Lipinski definition) is 6. The molecule has 0 saturated heterocycles. The molecule has 0 spiro atoms. The fourth-order valence-electron chi connectivity index (χ4n) is 2.53. The molecule has 1 unspecified atom stereocenters. The van der Waals surface area contributed by atoms with Crippen LogP contribution in [0.5, 0.6) is 0 Å². The van der Waals surface area contributed by atoms with Crippen LogP contribution in [-0.2, 0) is 4.79 Å². The van der Waals surface area contributed by atoms with Gasteiger partial charge in [0.05, 0.1) is 18.1 Å². The zero-order valence-electron chi connectivity index (χ0n) is 13.9. The van der Waals surface area contributed by atoms with Gasteiger partial charge in [-0.2, -0.15) is 4.98 Å². The highest BCUT2D eigenvalue weighted by molar-refractivity contribution is 7.99. The van der Waals surface area contributed by atoms with Gasteiger partial charge >= 0.3 is 0 Å². The Morgan fingerprint density at radius 3 is 3.00 bits per heavy atom. The Hall–Kier alpha value is -3.00. The van der Waals surface area contributed by atoms with Crippen molar-refractivity contribution in [2.24, 2.45) is 0 Å². The number of nitrogens with one attached hydrogen (secondary N) is 2. The molecular weight excluding hydrogens is 352 g/mol. The van der Waals surface area contributed by atoms with E-state index >= 15 is 0 Å². The molecule has 1 atom stereocenters. The highest BCUT2D eigenvalue weighted by Crippen LogP contribution is 2.24.